The van der Waals surface area contributed by atoms with Crippen LogP contribution in [0.5, 0.6) is 0 Å². The third-order valence-corrected chi connectivity index (χ3v) is 5.94. The molecule has 4 rings (SSSR count). The summed E-state index contributed by atoms with van der Waals surface area (Å²) in [5.41, 5.74) is 1.94. The van der Waals surface area contributed by atoms with E-state index in [0.717, 1.165) is 5.52 Å². The number of benzene rings is 2. The molecule has 30 heavy (non-hydrogen) atoms. The van der Waals surface area contributed by atoms with Crippen LogP contribution in [0.25, 0.3) is 21.5 Å². The molecule has 9 heteroatoms. The van der Waals surface area contributed by atoms with Gasteiger partial charge in [0.2, 0.25) is 0 Å². The Bertz CT molecular complexity index is 1310. The zero-order valence-corrected chi connectivity index (χ0v) is 17.8. The largest absolute Gasteiger partial charge is 0.383 e. The first-order valence-electron chi connectivity index (χ1n) is 9.07. The predicted octanol–water partition coefficient (Wildman–Crippen LogP) is 4.85. The van der Waals surface area contributed by atoms with Gasteiger partial charge in [-0.1, -0.05) is 46.3 Å². The molecule has 0 saturated heterocycles. The van der Waals surface area contributed by atoms with Gasteiger partial charge in [0.15, 0.2) is 4.80 Å². The Labute approximate surface area is 180 Å². The van der Waals surface area contributed by atoms with Crippen molar-refractivity contribution in [3.63, 3.8) is 0 Å². The Morgan fingerprint density at radius 1 is 1.33 bits per heavy atom. The van der Waals surface area contributed by atoms with Gasteiger partial charge in [0.25, 0.3) is 5.91 Å². The molecule has 2 aromatic heterocycles. The third kappa shape index (κ3) is 3.81. The van der Waals surface area contributed by atoms with Crippen molar-refractivity contribution >= 4 is 39.1 Å². The van der Waals surface area contributed by atoms with Gasteiger partial charge < -0.3 is 13.8 Å². The summed E-state index contributed by atoms with van der Waals surface area (Å²) in [6, 6.07) is 11.5. The molecule has 1 amide bonds. The minimum atomic E-state index is -0.512. The predicted molar refractivity (Wildman–Crippen MR) is 113 cm³/mol. The number of nitrogens with zero attached hydrogens (tertiary/aromatic N) is 3. The van der Waals surface area contributed by atoms with E-state index in [4.69, 9.17) is 20.9 Å². The number of hydrogen-bond acceptors (Lipinski definition) is 5. The van der Waals surface area contributed by atoms with Crippen LogP contribution < -0.4 is 4.80 Å². The highest BCUT2D eigenvalue weighted by Crippen LogP contribution is 2.31. The number of aryl methyl sites for hydroxylation is 1. The summed E-state index contributed by atoms with van der Waals surface area (Å²) < 4.78 is 26.7. The summed E-state index contributed by atoms with van der Waals surface area (Å²) >= 11 is 7.51. The molecule has 0 radical (unpaired) electrons. The number of fused-ring (bicyclic) bond motifs is 1. The Balaban J connectivity index is 1.86. The fraction of sp³-hybridized carbons (Fsp3) is 0.190. The molecule has 0 bridgehead atoms. The van der Waals surface area contributed by atoms with E-state index in [0.29, 0.717) is 44.7 Å². The first-order chi connectivity index (χ1) is 14.5. The zero-order valence-electron chi connectivity index (χ0n) is 16.2. The number of ether oxygens (including phenoxy) is 1. The number of thiazole rings is 1. The second-order valence-corrected chi connectivity index (χ2v) is 7.92. The van der Waals surface area contributed by atoms with Crippen LogP contribution >= 0.6 is 22.9 Å². The van der Waals surface area contributed by atoms with Crippen LogP contribution in [-0.2, 0) is 11.3 Å². The number of methoxy groups -OCH3 is 1. The van der Waals surface area contributed by atoms with Crippen molar-refractivity contribution in [3.05, 3.63) is 69.4 Å². The van der Waals surface area contributed by atoms with Crippen LogP contribution in [0.1, 0.15) is 16.1 Å². The highest BCUT2D eigenvalue weighted by molar-refractivity contribution is 7.16. The average Bonchev–Trinajstić information content (AvgIpc) is 3.26. The minimum absolute atomic E-state index is 0.241. The number of amides is 1. The SMILES string of the molecule is COCCn1c(=NC(=O)c2c(-c3ccccc3Cl)noc2C)sc2cc(F)ccc21. The summed E-state index contributed by atoms with van der Waals surface area (Å²) in [6.07, 6.45) is 0. The summed E-state index contributed by atoms with van der Waals surface area (Å²) in [5, 5.41) is 4.47. The molecule has 4 aromatic rings. The quantitative estimate of drug-likeness (QED) is 0.440. The van der Waals surface area contributed by atoms with E-state index >= 15 is 0 Å². The minimum Gasteiger partial charge on any atom is -0.383 e. The Morgan fingerprint density at radius 3 is 2.90 bits per heavy atom. The highest BCUT2D eigenvalue weighted by atomic mass is 35.5. The second kappa shape index (κ2) is 8.51. The van der Waals surface area contributed by atoms with Gasteiger partial charge in [-0.05, 0) is 31.2 Å². The van der Waals surface area contributed by atoms with Crippen molar-refractivity contribution in [3.8, 4) is 11.3 Å². The van der Waals surface area contributed by atoms with Crippen LogP contribution in [0, 0.1) is 12.7 Å². The maximum atomic E-state index is 13.7. The van der Waals surface area contributed by atoms with Gasteiger partial charge in [-0.3, -0.25) is 4.79 Å². The topological polar surface area (TPSA) is 69.6 Å². The standard InChI is InChI=1S/C21H17ClFN3O3S/c1-12-18(19(25-29-12)14-5-3-4-6-15(14)22)20(27)24-21-26(9-10-28-2)16-8-7-13(23)11-17(16)30-21/h3-8,11H,9-10H2,1-2H3. The molecule has 6 nitrogen and oxygen atoms in total. The summed E-state index contributed by atoms with van der Waals surface area (Å²) in [7, 11) is 1.59. The fourth-order valence-corrected chi connectivity index (χ4v) is 4.44. The van der Waals surface area contributed by atoms with Gasteiger partial charge in [-0.2, -0.15) is 4.99 Å². The number of carbonyl (C=O) groups is 1. The molecule has 2 aromatic carbocycles. The lowest BCUT2D eigenvalue weighted by molar-refractivity contribution is 0.0996. The van der Waals surface area contributed by atoms with E-state index in [2.05, 4.69) is 10.1 Å². The number of rotatable bonds is 5. The van der Waals surface area contributed by atoms with E-state index in [1.165, 1.54) is 23.5 Å². The maximum absolute atomic E-state index is 13.7. The lowest BCUT2D eigenvalue weighted by Gasteiger charge is -2.04. The average molecular weight is 446 g/mol. The number of halogens is 2. The van der Waals surface area contributed by atoms with Crippen molar-refractivity contribution in [2.45, 2.75) is 13.5 Å². The molecular weight excluding hydrogens is 429 g/mol. The lowest BCUT2D eigenvalue weighted by Crippen LogP contribution is -2.19. The number of aromatic nitrogens is 2. The molecule has 0 atom stereocenters. The first kappa shape index (κ1) is 20.5. The van der Waals surface area contributed by atoms with Crippen LogP contribution in [0.15, 0.2) is 52.0 Å². The van der Waals surface area contributed by atoms with Gasteiger partial charge in [-0.15, -0.1) is 0 Å². The van der Waals surface area contributed by atoms with E-state index in [1.54, 1.807) is 44.4 Å². The Morgan fingerprint density at radius 2 is 2.13 bits per heavy atom. The highest BCUT2D eigenvalue weighted by Gasteiger charge is 2.23. The van der Waals surface area contributed by atoms with Gasteiger partial charge in [0.1, 0.15) is 22.8 Å². The molecule has 0 spiro atoms. The molecule has 0 aliphatic carbocycles. The Hall–Kier alpha value is -2.81. The maximum Gasteiger partial charge on any atom is 0.285 e. The molecule has 0 fully saturated rings. The van der Waals surface area contributed by atoms with Gasteiger partial charge in [0, 0.05) is 19.2 Å². The molecule has 0 aliphatic heterocycles. The zero-order chi connectivity index (χ0) is 21.3. The van der Waals surface area contributed by atoms with Crippen LogP contribution in [0.3, 0.4) is 0 Å². The summed E-state index contributed by atoms with van der Waals surface area (Å²) in [5.74, 6) is -0.521. The molecule has 0 unspecified atom stereocenters. The van der Waals surface area contributed by atoms with Crippen LogP contribution in [0.2, 0.25) is 5.02 Å². The van der Waals surface area contributed by atoms with Gasteiger partial charge in [-0.25, -0.2) is 4.39 Å². The molecular formula is C21H17ClFN3O3S. The monoisotopic (exact) mass is 445 g/mol. The van der Waals surface area contributed by atoms with Crippen molar-refractivity contribution in [1.29, 1.82) is 0 Å². The molecule has 0 aliphatic rings. The van der Waals surface area contributed by atoms with Crippen LogP contribution in [-0.4, -0.2) is 29.3 Å². The third-order valence-electron chi connectivity index (χ3n) is 4.57. The van der Waals surface area contributed by atoms with Gasteiger partial charge in [0.05, 0.1) is 21.8 Å². The van der Waals surface area contributed by atoms with E-state index in [1.807, 2.05) is 4.57 Å². The Kier molecular flexibility index (Phi) is 5.80. The first-order valence-corrected chi connectivity index (χ1v) is 10.3. The van der Waals surface area contributed by atoms with E-state index in [9.17, 15) is 9.18 Å². The van der Waals surface area contributed by atoms with Crippen molar-refractivity contribution in [1.82, 2.24) is 9.72 Å². The smallest absolute Gasteiger partial charge is 0.285 e. The molecule has 154 valence electrons. The summed E-state index contributed by atoms with van der Waals surface area (Å²) in [6.45, 7) is 2.53. The number of hydrogen-bond donors (Lipinski definition) is 0. The number of carbonyl (C=O) groups excluding carboxylic acids is 1. The summed E-state index contributed by atoms with van der Waals surface area (Å²) in [4.78, 5) is 17.9. The van der Waals surface area contributed by atoms with Crippen molar-refractivity contribution in [2.24, 2.45) is 4.99 Å². The van der Waals surface area contributed by atoms with Crippen LogP contribution in [0.4, 0.5) is 4.39 Å². The molecule has 2 heterocycles. The fourth-order valence-electron chi connectivity index (χ4n) is 3.13. The molecule has 0 saturated carbocycles. The van der Waals surface area contributed by atoms with Gasteiger partial charge >= 0.3 is 0 Å². The lowest BCUT2D eigenvalue weighted by atomic mass is 10.1. The normalized spacial score (nSPS) is 12.1. The van der Waals surface area contributed by atoms with Crippen molar-refractivity contribution in [2.75, 3.05) is 13.7 Å². The molecule has 0 N–H and O–H groups in total. The second-order valence-electron chi connectivity index (χ2n) is 6.50. The van der Waals surface area contributed by atoms with E-state index < -0.39 is 5.91 Å². The van der Waals surface area contributed by atoms with Crippen molar-refractivity contribution < 1.29 is 18.4 Å². The van der Waals surface area contributed by atoms with E-state index in [-0.39, 0.29) is 11.4 Å².